The van der Waals surface area contributed by atoms with Gasteiger partial charge in [0.05, 0.1) is 6.61 Å². The summed E-state index contributed by atoms with van der Waals surface area (Å²) in [6.07, 6.45) is 1.45. The number of rotatable bonds is 5. The van der Waals surface area contributed by atoms with Gasteiger partial charge in [0, 0.05) is 6.42 Å². The fourth-order valence-electron chi connectivity index (χ4n) is 1.52. The van der Waals surface area contributed by atoms with Crippen LogP contribution >= 0.6 is 0 Å². The van der Waals surface area contributed by atoms with Crippen LogP contribution in [0.25, 0.3) is 0 Å². The predicted molar refractivity (Wildman–Crippen MR) is 61.4 cm³/mol. The third kappa shape index (κ3) is 3.74. The molecule has 0 unspecified atom stereocenters. The summed E-state index contributed by atoms with van der Waals surface area (Å²) in [5.74, 6) is 1.14. The molecule has 0 atom stereocenters. The van der Waals surface area contributed by atoms with Gasteiger partial charge < -0.3 is 9.53 Å². The van der Waals surface area contributed by atoms with Gasteiger partial charge in [0.15, 0.2) is 0 Å². The first-order valence-corrected chi connectivity index (χ1v) is 5.35. The van der Waals surface area contributed by atoms with E-state index in [0.29, 0.717) is 13.0 Å². The molecule has 0 aromatic heterocycles. The first kappa shape index (κ1) is 11.8. The van der Waals surface area contributed by atoms with Gasteiger partial charge in [0.2, 0.25) is 0 Å². The third-order valence-electron chi connectivity index (χ3n) is 2.37. The van der Waals surface area contributed by atoms with Crippen molar-refractivity contribution in [2.45, 2.75) is 33.6 Å². The van der Waals surface area contributed by atoms with Crippen molar-refractivity contribution in [2.75, 3.05) is 6.61 Å². The molecule has 0 N–H and O–H groups in total. The molecule has 82 valence electrons. The topological polar surface area (TPSA) is 26.3 Å². The fourth-order valence-corrected chi connectivity index (χ4v) is 1.52. The maximum absolute atomic E-state index is 10.9. The van der Waals surface area contributed by atoms with Crippen molar-refractivity contribution in [2.24, 2.45) is 0 Å². The smallest absolute Gasteiger partial charge is 0.130 e. The molecule has 0 saturated heterocycles. The molecule has 0 saturated carbocycles. The van der Waals surface area contributed by atoms with Gasteiger partial charge in [-0.25, -0.2) is 0 Å². The van der Waals surface area contributed by atoms with Gasteiger partial charge in [-0.2, -0.15) is 0 Å². The molecule has 0 fully saturated rings. The second-order valence-electron chi connectivity index (χ2n) is 3.72. The summed E-state index contributed by atoms with van der Waals surface area (Å²) < 4.78 is 5.40. The standard InChI is InChI=1S/C13H18O2/c1-4-15-13-8-7-12(10(2)9-13)6-5-11(3)14/h7-9H,4-6H2,1-3H3. The molecule has 2 heteroatoms. The summed E-state index contributed by atoms with van der Waals surface area (Å²) in [7, 11) is 0. The van der Waals surface area contributed by atoms with E-state index in [9.17, 15) is 4.79 Å². The van der Waals surface area contributed by atoms with Gasteiger partial charge in [0.1, 0.15) is 11.5 Å². The zero-order valence-corrected chi connectivity index (χ0v) is 9.67. The van der Waals surface area contributed by atoms with Gasteiger partial charge in [-0.3, -0.25) is 0 Å². The van der Waals surface area contributed by atoms with Crippen molar-refractivity contribution < 1.29 is 9.53 Å². The number of ether oxygens (including phenoxy) is 1. The summed E-state index contributed by atoms with van der Waals surface area (Å²) in [6.45, 7) is 6.34. The molecular formula is C13H18O2. The van der Waals surface area contributed by atoms with Gasteiger partial charge >= 0.3 is 0 Å². The van der Waals surface area contributed by atoms with E-state index in [1.54, 1.807) is 6.92 Å². The molecule has 0 aliphatic carbocycles. The van der Waals surface area contributed by atoms with Crippen LogP contribution < -0.4 is 4.74 Å². The molecule has 0 radical (unpaired) electrons. The van der Waals surface area contributed by atoms with E-state index in [4.69, 9.17) is 4.74 Å². The average molecular weight is 206 g/mol. The average Bonchev–Trinajstić information content (AvgIpc) is 2.17. The summed E-state index contributed by atoms with van der Waals surface area (Å²) >= 11 is 0. The molecule has 1 aromatic carbocycles. The Bertz CT molecular complexity index is 342. The van der Waals surface area contributed by atoms with Crippen LogP contribution in [0.15, 0.2) is 18.2 Å². The van der Waals surface area contributed by atoms with E-state index in [-0.39, 0.29) is 5.78 Å². The second kappa shape index (κ2) is 5.54. The second-order valence-corrected chi connectivity index (χ2v) is 3.72. The first-order valence-electron chi connectivity index (χ1n) is 5.35. The molecule has 2 nitrogen and oxygen atoms in total. The number of hydrogen-bond acceptors (Lipinski definition) is 2. The lowest BCUT2D eigenvalue weighted by atomic mass is 10.0. The van der Waals surface area contributed by atoms with Crippen molar-refractivity contribution in [3.05, 3.63) is 29.3 Å². The number of aryl methyl sites for hydroxylation is 2. The predicted octanol–water partition coefficient (Wildman–Crippen LogP) is 2.92. The Morgan fingerprint density at radius 3 is 2.67 bits per heavy atom. The van der Waals surface area contributed by atoms with Crippen LogP contribution in [0.1, 0.15) is 31.4 Å². The quantitative estimate of drug-likeness (QED) is 0.740. The minimum absolute atomic E-state index is 0.239. The molecular weight excluding hydrogens is 188 g/mol. The van der Waals surface area contributed by atoms with Crippen molar-refractivity contribution >= 4 is 5.78 Å². The zero-order valence-electron chi connectivity index (χ0n) is 9.67. The Kier molecular flexibility index (Phi) is 4.35. The van der Waals surface area contributed by atoms with Crippen molar-refractivity contribution in [1.29, 1.82) is 0 Å². The Morgan fingerprint density at radius 2 is 2.13 bits per heavy atom. The summed E-state index contributed by atoms with van der Waals surface area (Å²) in [6, 6.07) is 6.04. The van der Waals surface area contributed by atoms with Crippen molar-refractivity contribution in [3.63, 3.8) is 0 Å². The molecule has 15 heavy (non-hydrogen) atoms. The molecule has 1 aromatic rings. The number of benzene rings is 1. The molecule has 0 heterocycles. The number of carbonyl (C=O) groups excluding carboxylic acids is 1. The lowest BCUT2D eigenvalue weighted by Crippen LogP contribution is -1.97. The van der Waals surface area contributed by atoms with Gasteiger partial charge in [-0.1, -0.05) is 6.07 Å². The van der Waals surface area contributed by atoms with Gasteiger partial charge in [-0.15, -0.1) is 0 Å². The first-order chi connectivity index (χ1) is 7.13. The van der Waals surface area contributed by atoms with E-state index >= 15 is 0 Å². The monoisotopic (exact) mass is 206 g/mol. The van der Waals surface area contributed by atoms with Crippen LogP contribution in [0.4, 0.5) is 0 Å². The lowest BCUT2D eigenvalue weighted by Gasteiger charge is -2.08. The van der Waals surface area contributed by atoms with E-state index < -0.39 is 0 Å². The molecule has 0 spiro atoms. The maximum Gasteiger partial charge on any atom is 0.130 e. The fraction of sp³-hybridized carbons (Fsp3) is 0.462. The summed E-state index contributed by atoms with van der Waals surface area (Å²) in [5.41, 5.74) is 2.43. The highest BCUT2D eigenvalue weighted by Gasteiger charge is 2.02. The molecule has 0 aliphatic rings. The Labute approximate surface area is 91.3 Å². The lowest BCUT2D eigenvalue weighted by molar-refractivity contribution is -0.116. The molecule has 0 bridgehead atoms. The Balaban J connectivity index is 2.70. The maximum atomic E-state index is 10.9. The van der Waals surface area contributed by atoms with Crippen molar-refractivity contribution in [1.82, 2.24) is 0 Å². The Morgan fingerprint density at radius 1 is 1.40 bits per heavy atom. The number of ketones is 1. The van der Waals surface area contributed by atoms with E-state index in [2.05, 4.69) is 6.92 Å². The summed E-state index contributed by atoms with van der Waals surface area (Å²) in [4.78, 5) is 10.9. The van der Waals surface area contributed by atoms with Crippen LogP contribution in [-0.4, -0.2) is 12.4 Å². The minimum atomic E-state index is 0.239. The SMILES string of the molecule is CCOc1ccc(CCC(C)=O)c(C)c1. The van der Waals surface area contributed by atoms with Crippen LogP contribution in [-0.2, 0) is 11.2 Å². The highest BCUT2D eigenvalue weighted by molar-refractivity contribution is 5.75. The Hall–Kier alpha value is -1.31. The highest BCUT2D eigenvalue weighted by Crippen LogP contribution is 2.18. The van der Waals surface area contributed by atoms with Crippen LogP contribution in [0, 0.1) is 6.92 Å². The van der Waals surface area contributed by atoms with Crippen LogP contribution in [0.3, 0.4) is 0 Å². The normalized spacial score (nSPS) is 10.1. The summed E-state index contributed by atoms with van der Waals surface area (Å²) in [5, 5.41) is 0. The van der Waals surface area contributed by atoms with Gasteiger partial charge in [0.25, 0.3) is 0 Å². The van der Waals surface area contributed by atoms with Crippen LogP contribution in [0.5, 0.6) is 5.75 Å². The zero-order chi connectivity index (χ0) is 11.3. The minimum Gasteiger partial charge on any atom is -0.494 e. The molecule has 1 rings (SSSR count). The van der Waals surface area contributed by atoms with Gasteiger partial charge in [-0.05, 0) is 50.5 Å². The van der Waals surface area contributed by atoms with E-state index in [1.807, 2.05) is 25.1 Å². The third-order valence-corrected chi connectivity index (χ3v) is 2.37. The largest absolute Gasteiger partial charge is 0.494 e. The van der Waals surface area contributed by atoms with Crippen LogP contribution in [0.2, 0.25) is 0 Å². The van der Waals surface area contributed by atoms with Crippen molar-refractivity contribution in [3.8, 4) is 5.75 Å². The number of Topliss-reactive ketones (excluding diaryl/α,β-unsaturated/α-hetero) is 1. The number of hydrogen-bond donors (Lipinski definition) is 0. The van der Waals surface area contributed by atoms with E-state index in [1.165, 1.54) is 11.1 Å². The number of carbonyl (C=O) groups is 1. The molecule has 0 amide bonds. The highest BCUT2D eigenvalue weighted by atomic mass is 16.5. The van der Waals surface area contributed by atoms with E-state index in [0.717, 1.165) is 12.2 Å². The molecule has 0 aliphatic heterocycles.